The Hall–Kier alpha value is -4.87. The number of nitrogens with zero attached hydrogens (tertiary/aromatic N) is 4. The third-order valence-corrected chi connectivity index (χ3v) is 15.1. The summed E-state index contributed by atoms with van der Waals surface area (Å²) >= 11 is 0. The second kappa shape index (κ2) is 33.1. The molecule has 2 aromatic heterocycles. The van der Waals surface area contributed by atoms with Gasteiger partial charge in [0.25, 0.3) is 0 Å². The van der Waals surface area contributed by atoms with Crippen LogP contribution in [0.1, 0.15) is 199 Å². The molecule has 0 radical (unpaired) electrons. The molecule has 1 unspecified atom stereocenters. The minimum atomic E-state index is -4.58. The number of anilines is 1. The Bertz CT molecular complexity index is 2280. The molecule has 5 rings (SSSR count). The zero-order chi connectivity index (χ0) is 52.0. The molecule has 0 aliphatic carbocycles. The van der Waals surface area contributed by atoms with E-state index in [1.165, 1.54) is 107 Å². The van der Waals surface area contributed by atoms with Crippen molar-refractivity contribution >= 4 is 36.7 Å². The minimum absolute atomic E-state index is 0.0314. The Labute approximate surface area is 434 Å². The van der Waals surface area contributed by atoms with Crippen molar-refractivity contribution in [3.63, 3.8) is 0 Å². The van der Waals surface area contributed by atoms with Crippen molar-refractivity contribution in [2.75, 3.05) is 18.9 Å². The van der Waals surface area contributed by atoms with Gasteiger partial charge in [0.2, 0.25) is 0 Å². The first-order valence-corrected chi connectivity index (χ1v) is 29.1. The molecule has 3 heterocycles. The fraction of sp³-hybridized carbons (Fsp3) is 0.632. The Kier molecular flexibility index (Phi) is 26.8. The van der Waals surface area contributed by atoms with Crippen LogP contribution in [0.25, 0.3) is 11.2 Å². The quantitative estimate of drug-likeness (QED) is 0.0142. The van der Waals surface area contributed by atoms with E-state index in [0.717, 1.165) is 56.9 Å². The number of unbranched alkanes of at least 4 members (excludes halogenated alkanes) is 23. The number of aromatic nitrogens is 4. The zero-order valence-corrected chi connectivity index (χ0v) is 44.7. The highest BCUT2D eigenvalue weighted by atomic mass is 31.2. The number of benzene rings is 2. The Morgan fingerprint density at radius 3 is 1.90 bits per heavy atom. The maximum absolute atomic E-state index is 15.2. The summed E-state index contributed by atoms with van der Waals surface area (Å²) in [5, 5.41) is 2.90. The number of hydrogen-bond donors (Lipinski definition) is 2. The monoisotopic (exact) mass is 1030 g/mol. The molecule has 5 atom stereocenters. The molecule has 1 fully saturated rings. The molecule has 1 aliphatic rings. The number of carbonyl (C=O) groups excluding carboxylic acids is 2. The molecular weight excluding hydrogens is 947 g/mol. The van der Waals surface area contributed by atoms with Crippen LogP contribution in [-0.2, 0) is 39.3 Å². The van der Waals surface area contributed by atoms with Crippen molar-refractivity contribution in [1.82, 2.24) is 24.6 Å². The smallest absolute Gasteiger partial charge is 0.459 e. The number of fused-ring (bicyclic) bond motifs is 1. The standard InChI is InChI=1S/C57H84FN6O8P/c1-4-7-9-11-13-14-15-16-17-18-19-20-21-22-23-25-27-35-41-68-55(66)48(42-46-36-30-28-31-37-46)63-73(67,72-47-38-32-29-33-39-47)69-44-57(6-3)49(70-51(65)40-34-26-24-12-10-8-5-2)43-50(71-57)64-45-60-52-53(59)61-56(58)62-54(52)64/h3,28-33,36-39,45,48-50H,4-5,7-27,34-35,40-44H2,1-2H3,(H,63,67)(H2,59,61,62)/t48-,49-,50+,57+,73?/m0/s1. The summed E-state index contributed by atoms with van der Waals surface area (Å²) in [4.78, 5) is 39.3. The predicted molar refractivity (Wildman–Crippen MR) is 286 cm³/mol. The van der Waals surface area contributed by atoms with E-state index >= 15 is 4.57 Å². The van der Waals surface area contributed by atoms with Crippen LogP contribution < -0.4 is 15.3 Å². The van der Waals surface area contributed by atoms with Crippen LogP contribution in [0.2, 0.25) is 0 Å². The number of ether oxygens (including phenoxy) is 3. The molecule has 16 heteroatoms. The minimum Gasteiger partial charge on any atom is -0.465 e. The normalized spacial score (nSPS) is 17.8. The van der Waals surface area contributed by atoms with E-state index in [-0.39, 0.29) is 48.6 Å². The van der Waals surface area contributed by atoms with Crippen LogP contribution in [0.4, 0.5) is 10.2 Å². The van der Waals surface area contributed by atoms with Crippen molar-refractivity contribution in [3.05, 3.63) is 78.6 Å². The Morgan fingerprint density at radius 1 is 0.808 bits per heavy atom. The van der Waals surface area contributed by atoms with E-state index in [1.54, 1.807) is 30.3 Å². The maximum Gasteiger partial charge on any atom is 0.459 e. The summed E-state index contributed by atoms with van der Waals surface area (Å²) in [5.41, 5.74) is 5.05. The van der Waals surface area contributed by atoms with E-state index in [9.17, 15) is 14.0 Å². The number of nitrogen functional groups attached to an aromatic ring is 1. The topological polar surface area (TPSA) is 179 Å². The molecule has 0 amide bonds. The summed E-state index contributed by atoms with van der Waals surface area (Å²) < 4.78 is 62.0. The number of imidazole rings is 1. The maximum atomic E-state index is 15.2. The van der Waals surface area contributed by atoms with E-state index in [1.807, 2.05) is 30.3 Å². The summed E-state index contributed by atoms with van der Waals surface area (Å²) in [5.74, 6) is 1.52. The third kappa shape index (κ3) is 20.8. The lowest BCUT2D eigenvalue weighted by Gasteiger charge is -2.31. The van der Waals surface area contributed by atoms with Crippen molar-refractivity contribution < 1.29 is 41.8 Å². The average molecular weight is 1030 g/mol. The van der Waals surface area contributed by atoms with Crippen molar-refractivity contribution in [2.24, 2.45) is 0 Å². The summed E-state index contributed by atoms with van der Waals surface area (Å²) in [6.07, 6.45) is 34.2. The van der Waals surface area contributed by atoms with Gasteiger partial charge < -0.3 is 24.5 Å². The number of esters is 2. The molecule has 73 heavy (non-hydrogen) atoms. The van der Waals surface area contributed by atoms with Gasteiger partial charge in [-0.25, -0.2) is 9.55 Å². The van der Waals surface area contributed by atoms with Gasteiger partial charge in [0.15, 0.2) is 22.6 Å². The van der Waals surface area contributed by atoms with E-state index in [4.69, 9.17) is 35.4 Å². The number of para-hydroxylation sites is 1. The van der Waals surface area contributed by atoms with Gasteiger partial charge in [0.1, 0.15) is 30.7 Å². The number of halogens is 1. The first-order valence-electron chi connectivity index (χ1n) is 27.6. The number of rotatable bonds is 39. The van der Waals surface area contributed by atoms with Gasteiger partial charge in [0.05, 0.1) is 12.9 Å². The molecule has 0 bridgehead atoms. The highest BCUT2D eigenvalue weighted by molar-refractivity contribution is 7.52. The van der Waals surface area contributed by atoms with E-state index in [2.05, 4.69) is 39.8 Å². The molecule has 402 valence electrons. The van der Waals surface area contributed by atoms with Gasteiger partial charge in [-0.05, 0) is 37.0 Å². The van der Waals surface area contributed by atoms with Gasteiger partial charge in [-0.1, -0.05) is 216 Å². The second-order valence-electron chi connectivity index (χ2n) is 19.6. The lowest BCUT2D eigenvalue weighted by Crippen LogP contribution is -2.46. The Morgan fingerprint density at radius 2 is 1.34 bits per heavy atom. The molecule has 1 saturated heterocycles. The van der Waals surface area contributed by atoms with E-state index < -0.39 is 56.3 Å². The molecule has 4 aromatic rings. The van der Waals surface area contributed by atoms with Crippen LogP contribution in [-0.4, -0.2) is 62.4 Å². The molecule has 0 saturated carbocycles. The van der Waals surface area contributed by atoms with Crippen LogP contribution >= 0.6 is 7.75 Å². The summed E-state index contributed by atoms with van der Waals surface area (Å²) in [7, 11) is -4.58. The van der Waals surface area contributed by atoms with Crippen molar-refractivity contribution in [3.8, 4) is 18.1 Å². The molecule has 3 N–H and O–H groups in total. The lowest BCUT2D eigenvalue weighted by atomic mass is 9.98. The predicted octanol–water partition coefficient (Wildman–Crippen LogP) is 13.9. The highest BCUT2D eigenvalue weighted by Crippen LogP contribution is 2.49. The molecule has 1 aliphatic heterocycles. The fourth-order valence-corrected chi connectivity index (χ4v) is 10.8. The number of nitrogens with one attached hydrogen (secondary N) is 1. The van der Waals surface area contributed by atoms with Crippen LogP contribution in [0.15, 0.2) is 67.0 Å². The van der Waals surface area contributed by atoms with Crippen LogP contribution in [0, 0.1) is 18.4 Å². The number of nitrogens with two attached hydrogens (primary N) is 1. The zero-order valence-electron chi connectivity index (χ0n) is 43.8. The first kappa shape index (κ1) is 59.0. The SMILES string of the molecule is C#C[C@]1(COP(=O)(N[C@@H](Cc2ccccc2)C(=O)OCCCCCCCCCCCCCCCCCCCC)Oc2ccccc2)O[C@@H](n2cnc3c(N)nc(F)nc32)C[C@@H]1OC(=O)CCCCCCCCC. The van der Waals surface area contributed by atoms with Crippen molar-refractivity contribution in [1.29, 1.82) is 0 Å². The van der Waals surface area contributed by atoms with Gasteiger partial charge in [-0.3, -0.25) is 18.7 Å². The largest absolute Gasteiger partial charge is 0.465 e. The molecule has 0 spiro atoms. The Balaban J connectivity index is 1.21. The van der Waals surface area contributed by atoms with Crippen LogP contribution in [0.3, 0.4) is 0 Å². The lowest BCUT2D eigenvalue weighted by molar-refractivity contribution is -0.158. The van der Waals surface area contributed by atoms with Crippen molar-refractivity contribution in [2.45, 2.75) is 218 Å². The number of hydrogen-bond acceptors (Lipinski definition) is 12. The summed E-state index contributed by atoms with van der Waals surface area (Å²) in [6, 6.07) is 16.5. The van der Waals surface area contributed by atoms with Gasteiger partial charge in [0, 0.05) is 12.8 Å². The fourth-order valence-electron chi connectivity index (χ4n) is 9.31. The summed E-state index contributed by atoms with van der Waals surface area (Å²) in [6.45, 7) is 4.00. The molecule has 2 aromatic carbocycles. The molecule has 14 nitrogen and oxygen atoms in total. The second-order valence-corrected chi connectivity index (χ2v) is 21.3. The number of terminal acetylenes is 1. The van der Waals surface area contributed by atoms with Gasteiger partial charge >= 0.3 is 25.8 Å². The van der Waals surface area contributed by atoms with Gasteiger partial charge in [-0.15, -0.1) is 6.42 Å². The van der Waals surface area contributed by atoms with Gasteiger partial charge in [-0.2, -0.15) is 19.4 Å². The highest BCUT2D eigenvalue weighted by Gasteiger charge is 2.53. The van der Waals surface area contributed by atoms with E-state index in [0.29, 0.717) is 12.8 Å². The molecular formula is C57H84FN6O8P. The van der Waals surface area contributed by atoms with Crippen LogP contribution in [0.5, 0.6) is 5.75 Å². The number of carbonyl (C=O) groups is 2. The average Bonchev–Trinajstić information content (AvgIpc) is 3.98. The first-order chi connectivity index (χ1) is 35.6. The third-order valence-electron chi connectivity index (χ3n) is 13.6.